The number of halogens is 2. The quantitative estimate of drug-likeness (QED) is 0.770. The molecule has 0 N–H and O–H groups in total. The van der Waals surface area contributed by atoms with Crippen LogP contribution in [0.25, 0.3) is 0 Å². The second-order valence-electron chi connectivity index (χ2n) is 4.83. The fourth-order valence-electron chi connectivity index (χ4n) is 2.19. The summed E-state index contributed by atoms with van der Waals surface area (Å²) in [5.74, 6) is 0.457. The third-order valence-electron chi connectivity index (χ3n) is 3.44. The molecule has 2 atom stereocenters. The van der Waals surface area contributed by atoms with E-state index < -0.39 is 0 Å². The van der Waals surface area contributed by atoms with Crippen LogP contribution >= 0.6 is 27.5 Å². The molecule has 0 saturated carbocycles. The van der Waals surface area contributed by atoms with E-state index >= 15 is 0 Å². The van der Waals surface area contributed by atoms with E-state index in [9.17, 15) is 4.79 Å². The average Bonchev–Trinajstić information content (AvgIpc) is 2.42. The van der Waals surface area contributed by atoms with E-state index in [0.29, 0.717) is 19.0 Å². The number of amides is 1. The van der Waals surface area contributed by atoms with Crippen LogP contribution in [0.1, 0.15) is 22.8 Å². The summed E-state index contributed by atoms with van der Waals surface area (Å²) in [6.45, 7) is 5.03. The van der Waals surface area contributed by atoms with Gasteiger partial charge in [0.25, 0.3) is 5.91 Å². The average molecular weight is 347 g/mol. The lowest BCUT2D eigenvalue weighted by Gasteiger charge is -2.37. The summed E-state index contributed by atoms with van der Waals surface area (Å²) in [4.78, 5) is 14.5. The zero-order valence-electron chi connectivity index (χ0n) is 11.0. The minimum atomic E-state index is -0.0747. The molecule has 1 aliphatic heterocycles. The smallest absolute Gasteiger partial charge is 0.254 e. The van der Waals surface area contributed by atoms with Gasteiger partial charge in [-0.25, -0.2) is 0 Å². The number of nitrogens with zero attached hydrogens (tertiary/aromatic N) is 1. The first kappa shape index (κ1) is 14.8. The summed E-state index contributed by atoms with van der Waals surface area (Å²) in [6.07, 6.45) is -0.0747. The van der Waals surface area contributed by atoms with Gasteiger partial charge < -0.3 is 9.64 Å². The lowest BCUT2D eigenvalue weighted by molar-refractivity contribution is -0.0372. The topological polar surface area (TPSA) is 29.5 Å². The van der Waals surface area contributed by atoms with Crippen LogP contribution in [0.5, 0.6) is 0 Å². The number of hydrogen-bond donors (Lipinski definition) is 0. The molecule has 3 nitrogen and oxygen atoms in total. The molecule has 1 aromatic carbocycles. The fraction of sp³-hybridized carbons (Fsp3) is 0.500. The highest BCUT2D eigenvalue weighted by Gasteiger charge is 2.30. The molecule has 0 spiro atoms. The molecular weight excluding hydrogens is 330 g/mol. The zero-order valence-corrected chi connectivity index (χ0v) is 13.4. The van der Waals surface area contributed by atoms with Gasteiger partial charge in [0.1, 0.15) is 0 Å². The molecule has 1 saturated heterocycles. The number of alkyl halides is 1. The van der Waals surface area contributed by atoms with Crippen LogP contribution in [0.4, 0.5) is 0 Å². The molecule has 1 aromatic rings. The van der Waals surface area contributed by atoms with Gasteiger partial charge in [-0.1, -0.05) is 22.0 Å². The van der Waals surface area contributed by atoms with Crippen LogP contribution in [-0.2, 0) is 4.74 Å². The van der Waals surface area contributed by atoms with Crippen molar-refractivity contribution < 1.29 is 9.53 Å². The SMILES string of the molecule is Cc1c(Br)cccc1C(=O)N1CC(CCl)OCC1C. The Labute approximate surface area is 127 Å². The molecule has 0 bridgehead atoms. The molecular formula is C14H17BrClNO2. The highest BCUT2D eigenvalue weighted by atomic mass is 79.9. The molecule has 5 heteroatoms. The maximum Gasteiger partial charge on any atom is 0.254 e. The monoisotopic (exact) mass is 345 g/mol. The maximum atomic E-state index is 12.7. The number of carbonyl (C=O) groups excluding carboxylic acids is 1. The van der Waals surface area contributed by atoms with Crippen LogP contribution in [0.2, 0.25) is 0 Å². The fourth-order valence-corrected chi connectivity index (χ4v) is 2.74. The van der Waals surface area contributed by atoms with Gasteiger partial charge in [0, 0.05) is 16.6 Å². The normalized spacial score (nSPS) is 23.5. The zero-order chi connectivity index (χ0) is 14.0. The lowest BCUT2D eigenvalue weighted by atomic mass is 10.1. The Bertz CT molecular complexity index is 481. The summed E-state index contributed by atoms with van der Waals surface area (Å²) < 4.78 is 6.53. The van der Waals surface area contributed by atoms with E-state index in [1.807, 2.05) is 36.9 Å². The van der Waals surface area contributed by atoms with E-state index in [1.165, 1.54) is 0 Å². The van der Waals surface area contributed by atoms with E-state index in [0.717, 1.165) is 15.6 Å². The first-order valence-corrected chi connectivity index (χ1v) is 7.61. The van der Waals surface area contributed by atoms with Crippen molar-refractivity contribution in [2.45, 2.75) is 26.0 Å². The molecule has 0 aromatic heterocycles. The molecule has 1 fully saturated rings. The Balaban J connectivity index is 2.24. The molecule has 1 heterocycles. The minimum absolute atomic E-state index is 0.0460. The van der Waals surface area contributed by atoms with Crippen molar-refractivity contribution in [1.29, 1.82) is 0 Å². The summed E-state index contributed by atoms with van der Waals surface area (Å²) in [5, 5.41) is 0. The van der Waals surface area contributed by atoms with Crippen molar-refractivity contribution in [3.63, 3.8) is 0 Å². The predicted molar refractivity (Wildman–Crippen MR) is 79.8 cm³/mol. The van der Waals surface area contributed by atoms with Crippen LogP contribution < -0.4 is 0 Å². The highest BCUT2D eigenvalue weighted by molar-refractivity contribution is 9.10. The van der Waals surface area contributed by atoms with E-state index in [-0.39, 0.29) is 18.1 Å². The third kappa shape index (κ3) is 3.12. The van der Waals surface area contributed by atoms with Crippen LogP contribution in [0, 0.1) is 6.92 Å². The Morgan fingerprint density at radius 3 is 3.00 bits per heavy atom. The molecule has 0 aliphatic carbocycles. The van der Waals surface area contributed by atoms with Crippen LogP contribution in [0.3, 0.4) is 0 Å². The molecule has 2 unspecified atom stereocenters. The third-order valence-corrected chi connectivity index (χ3v) is 4.64. The standard InChI is InChI=1S/C14H17BrClNO2/c1-9-8-19-11(6-16)7-17(9)14(18)12-4-3-5-13(15)10(12)2/h3-5,9,11H,6-8H2,1-2H3. The van der Waals surface area contributed by atoms with Crippen LogP contribution in [0.15, 0.2) is 22.7 Å². The maximum absolute atomic E-state index is 12.7. The van der Waals surface area contributed by atoms with E-state index in [2.05, 4.69) is 15.9 Å². The second kappa shape index (κ2) is 6.25. The number of rotatable bonds is 2. The second-order valence-corrected chi connectivity index (χ2v) is 5.99. The predicted octanol–water partition coefficient (Wildman–Crippen LogP) is 3.23. The van der Waals surface area contributed by atoms with Crippen LogP contribution in [-0.4, -0.2) is 42.0 Å². The van der Waals surface area contributed by atoms with Crippen molar-refractivity contribution in [3.05, 3.63) is 33.8 Å². The molecule has 19 heavy (non-hydrogen) atoms. The van der Waals surface area contributed by atoms with Gasteiger partial charge in [-0.05, 0) is 31.5 Å². The van der Waals surface area contributed by atoms with Crippen molar-refractivity contribution in [2.75, 3.05) is 19.0 Å². The Hall–Kier alpha value is -0.580. The number of ether oxygens (including phenoxy) is 1. The number of hydrogen-bond acceptors (Lipinski definition) is 2. The Kier molecular flexibility index (Phi) is 4.87. The molecule has 104 valence electrons. The van der Waals surface area contributed by atoms with Crippen molar-refractivity contribution >= 4 is 33.4 Å². The van der Waals surface area contributed by atoms with Crippen molar-refractivity contribution in [2.24, 2.45) is 0 Å². The number of benzene rings is 1. The number of carbonyl (C=O) groups is 1. The molecule has 0 radical (unpaired) electrons. The van der Waals surface area contributed by atoms with Gasteiger partial charge in [0.05, 0.1) is 24.6 Å². The molecule has 1 amide bonds. The first-order valence-electron chi connectivity index (χ1n) is 6.28. The first-order chi connectivity index (χ1) is 9.04. The van der Waals surface area contributed by atoms with Crippen molar-refractivity contribution in [3.8, 4) is 0 Å². The summed E-state index contributed by atoms with van der Waals surface area (Å²) in [7, 11) is 0. The molecule has 2 rings (SSSR count). The Morgan fingerprint density at radius 1 is 1.58 bits per heavy atom. The van der Waals surface area contributed by atoms with E-state index in [4.69, 9.17) is 16.3 Å². The minimum Gasteiger partial charge on any atom is -0.373 e. The van der Waals surface area contributed by atoms with Crippen molar-refractivity contribution in [1.82, 2.24) is 4.90 Å². The van der Waals surface area contributed by atoms with Gasteiger partial charge in [-0.2, -0.15) is 0 Å². The van der Waals surface area contributed by atoms with Gasteiger partial charge in [-0.3, -0.25) is 4.79 Å². The van der Waals surface area contributed by atoms with Gasteiger partial charge in [0.15, 0.2) is 0 Å². The number of morpholine rings is 1. The summed E-state index contributed by atoms with van der Waals surface area (Å²) >= 11 is 9.29. The lowest BCUT2D eigenvalue weighted by Crippen LogP contribution is -2.51. The Morgan fingerprint density at radius 2 is 2.32 bits per heavy atom. The van der Waals surface area contributed by atoms with Gasteiger partial charge in [0.2, 0.25) is 0 Å². The van der Waals surface area contributed by atoms with E-state index in [1.54, 1.807) is 0 Å². The highest BCUT2D eigenvalue weighted by Crippen LogP contribution is 2.23. The largest absolute Gasteiger partial charge is 0.373 e. The summed E-state index contributed by atoms with van der Waals surface area (Å²) in [6, 6.07) is 5.76. The van der Waals surface area contributed by atoms with Gasteiger partial charge >= 0.3 is 0 Å². The summed E-state index contributed by atoms with van der Waals surface area (Å²) in [5.41, 5.74) is 1.70. The molecule has 1 aliphatic rings. The van der Waals surface area contributed by atoms with Gasteiger partial charge in [-0.15, -0.1) is 11.6 Å².